The molecular formula is C12H16Br2IN3. The van der Waals surface area contributed by atoms with Gasteiger partial charge in [-0.3, -0.25) is 0 Å². The van der Waals surface area contributed by atoms with E-state index in [-0.39, 0.29) is 24.0 Å². The first-order chi connectivity index (χ1) is 7.99. The topological polar surface area (TPSA) is 50.4 Å². The average Bonchev–Trinajstić information content (AvgIpc) is 2.27. The van der Waals surface area contributed by atoms with Gasteiger partial charge in [-0.15, -0.1) is 24.0 Å². The number of guanidine groups is 1. The van der Waals surface area contributed by atoms with Crippen molar-refractivity contribution in [2.45, 2.75) is 13.5 Å². The monoisotopic (exact) mass is 487 g/mol. The van der Waals surface area contributed by atoms with Gasteiger partial charge in [-0.2, -0.15) is 0 Å². The van der Waals surface area contributed by atoms with Gasteiger partial charge in [-0.05, 0) is 30.7 Å². The van der Waals surface area contributed by atoms with Crippen LogP contribution in [0.15, 0.2) is 44.3 Å². The van der Waals surface area contributed by atoms with Crippen molar-refractivity contribution in [3.05, 3.63) is 44.9 Å². The third-order valence-corrected chi connectivity index (χ3v) is 3.27. The maximum Gasteiger partial charge on any atom is 0.189 e. The summed E-state index contributed by atoms with van der Waals surface area (Å²) in [6.45, 7) is 6.90. The lowest BCUT2D eigenvalue weighted by atomic mass is 10.2. The van der Waals surface area contributed by atoms with Gasteiger partial charge >= 0.3 is 0 Å². The quantitative estimate of drug-likeness (QED) is 0.293. The van der Waals surface area contributed by atoms with Crippen LogP contribution < -0.4 is 11.1 Å². The Morgan fingerprint density at radius 1 is 1.44 bits per heavy atom. The summed E-state index contributed by atoms with van der Waals surface area (Å²) >= 11 is 6.90. The van der Waals surface area contributed by atoms with Crippen LogP contribution in [0.25, 0.3) is 0 Å². The molecule has 0 radical (unpaired) electrons. The molecule has 3 nitrogen and oxygen atoms in total. The lowest BCUT2D eigenvalue weighted by molar-refractivity contribution is 0.938. The molecular weight excluding hydrogens is 473 g/mol. The number of benzene rings is 1. The van der Waals surface area contributed by atoms with Crippen LogP contribution in [0.4, 0.5) is 0 Å². The minimum absolute atomic E-state index is 0. The standard InChI is InChI=1S/C12H15Br2N3.HI/c1-8(2)6-16-12(15)17-7-9-5-10(13)3-4-11(9)14;/h3-5H,1,6-7H2,2H3,(H3,15,16,17);1H. The van der Waals surface area contributed by atoms with E-state index in [1.165, 1.54) is 0 Å². The van der Waals surface area contributed by atoms with Crippen LogP contribution in [0, 0.1) is 0 Å². The fourth-order valence-electron chi connectivity index (χ4n) is 1.13. The molecule has 0 amide bonds. The van der Waals surface area contributed by atoms with E-state index in [4.69, 9.17) is 5.73 Å². The summed E-state index contributed by atoms with van der Waals surface area (Å²) in [6.07, 6.45) is 0. The van der Waals surface area contributed by atoms with Gasteiger partial charge in [0.05, 0.1) is 6.54 Å². The predicted molar refractivity (Wildman–Crippen MR) is 95.4 cm³/mol. The summed E-state index contributed by atoms with van der Waals surface area (Å²) in [7, 11) is 0. The van der Waals surface area contributed by atoms with Gasteiger partial charge in [0.15, 0.2) is 5.96 Å². The van der Waals surface area contributed by atoms with Crippen LogP contribution in [0.2, 0.25) is 0 Å². The molecule has 18 heavy (non-hydrogen) atoms. The van der Waals surface area contributed by atoms with Crippen LogP contribution in [0.5, 0.6) is 0 Å². The molecule has 1 rings (SSSR count). The lowest BCUT2D eigenvalue weighted by Gasteiger charge is -2.06. The molecule has 0 saturated heterocycles. The molecule has 0 atom stereocenters. The van der Waals surface area contributed by atoms with Crippen molar-refractivity contribution in [1.82, 2.24) is 5.32 Å². The Bertz CT molecular complexity index is 447. The zero-order valence-corrected chi connectivity index (χ0v) is 15.5. The second-order valence-corrected chi connectivity index (χ2v) is 5.52. The molecule has 3 N–H and O–H groups in total. The molecule has 0 spiro atoms. The Morgan fingerprint density at radius 2 is 2.11 bits per heavy atom. The van der Waals surface area contributed by atoms with Crippen molar-refractivity contribution in [3.8, 4) is 0 Å². The van der Waals surface area contributed by atoms with Gasteiger partial charge in [0.2, 0.25) is 0 Å². The smallest absolute Gasteiger partial charge is 0.189 e. The van der Waals surface area contributed by atoms with Gasteiger partial charge in [-0.25, -0.2) is 4.99 Å². The first-order valence-corrected chi connectivity index (χ1v) is 6.69. The number of nitrogens with two attached hydrogens (primary N) is 1. The highest BCUT2D eigenvalue weighted by atomic mass is 127. The summed E-state index contributed by atoms with van der Waals surface area (Å²) in [4.78, 5) is 4.26. The molecule has 0 aliphatic heterocycles. The Labute approximate surface area is 142 Å². The summed E-state index contributed by atoms with van der Waals surface area (Å²) < 4.78 is 2.05. The highest BCUT2D eigenvalue weighted by molar-refractivity contribution is 14.0. The largest absolute Gasteiger partial charge is 0.370 e. The molecule has 0 heterocycles. The van der Waals surface area contributed by atoms with Crippen molar-refractivity contribution >= 4 is 61.8 Å². The molecule has 0 fully saturated rings. The minimum Gasteiger partial charge on any atom is -0.370 e. The zero-order valence-electron chi connectivity index (χ0n) is 10.0. The van der Waals surface area contributed by atoms with Crippen molar-refractivity contribution in [3.63, 3.8) is 0 Å². The first-order valence-electron chi connectivity index (χ1n) is 5.11. The van der Waals surface area contributed by atoms with Gasteiger partial charge < -0.3 is 11.1 Å². The second kappa shape index (κ2) is 8.92. The lowest BCUT2D eigenvalue weighted by Crippen LogP contribution is -2.32. The summed E-state index contributed by atoms with van der Waals surface area (Å²) in [5.41, 5.74) is 7.83. The molecule has 0 saturated carbocycles. The van der Waals surface area contributed by atoms with Crippen LogP contribution in [0.1, 0.15) is 12.5 Å². The molecule has 100 valence electrons. The minimum atomic E-state index is 0. The number of halogens is 3. The van der Waals surface area contributed by atoms with E-state index in [0.29, 0.717) is 19.0 Å². The maximum absolute atomic E-state index is 5.73. The van der Waals surface area contributed by atoms with E-state index in [1.54, 1.807) is 0 Å². The highest BCUT2D eigenvalue weighted by Crippen LogP contribution is 2.22. The number of rotatable bonds is 4. The number of hydrogen-bond acceptors (Lipinski definition) is 1. The van der Waals surface area contributed by atoms with Crippen molar-refractivity contribution in [2.24, 2.45) is 10.7 Å². The molecule has 1 aromatic carbocycles. The van der Waals surface area contributed by atoms with E-state index < -0.39 is 0 Å². The van der Waals surface area contributed by atoms with E-state index in [0.717, 1.165) is 20.1 Å². The summed E-state index contributed by atoms with van der Waals surface area (Å²) in [5, 5.41) is 2.99. The molecule has 0 aliphatic carbocycles. The average molecular weight is 489 g/mol. The summed E-state index contributed by atoms with van der Waals surface area (Å²) in [6, 6.07) is 5.96. The van der Waals surface area contributed by atoms with Gasteiger partial charge in [0.25, 0.3) is 0 Å². The zero-order chi connectivity index (χ0) is 12.8. The fraction of sp³-hybridized carbons (Fsp3) is 0.250. The molecule has 0 aromatic heterocycles. The van der Waals surface area contributed by atoms with E-state index >= 15 is 0 Å². The molecule has 6 heteroatoms. The first kappa shape index (κ1) is 17.9. The third-order valence-electron chi connectivity index (χ3n) is 2.00. The number of hydrogen-bond donors (Lipinski definition) is 2. The van der Waals surface area contributed by atoms with Crippen LogP contribution >= 0.6 is 55.8 Å². The number of nitrogens with zero attached hydrogens (tertiary/aromatic N) is 1. The maximum atomic E-state index is 5.73. The molecule has 0 bridgehead atoms. The van der Waals surface area contributed by atoms with Crippen LogP contribution in [-0.2, 0) is 6.54 Å². The van der Waals surface area contributed by atoms with Crippen molar-refractivity contribution < 1.29 is 0 Å². The van der Waals surface area contributed by atoms with Gasteiger partial charge in [0.1, 0.15) is 0 Å². The highest BCUT2D eigenvalue weighted by Gasteiger charge is 2.00. The van der Waals surface area contributed by atoms with Crippen LogP contribution in [-0.4, -0.2) is 12.5 Å². The summed E-state index contributed by atoms with van der Waals surface area (Å²) in [5.74, 6) is 0.430. The Balaban J connectivity index is 0.00000289. The van der Waals surface area contributed by atoms with Gasteiger partial charge in [-0.1, -0.05) is 44.0 Å². The molecule has 1 aromatic rings. The van der Waals surface area contributed by atoms with Crippen molar-refractivity contribution in [1.29, 1.82) is 0 Å². The Morgan fingerprint density at radius 3 is 2.72 bits per heavy atom. The van der Waals surface area contributed by atoms with Crippen molar-refractivity contribution in [2.75, 3.05) is 6.54 Å². The van der Waals surface area contributed by atoms with E-state index in [1.807, 2.05) is 25.1 Å². The Kier molecular flexibility index (Phi) is 8.89. The third kappa shape index (κ3) is 6.75. The van der Waals surface area contributed by atoms with Crippen LogP contribution in [0.3, 0.4) is 0 Å². The predicted octanol–water partition coefficient (Wildman–Crippen LogP) is 3.81. The fourth-order valence-corrected chi connectivity index (χ4v) is 1.91. The van der Waals surface area contributed by atoms with E-state index in [9.17, 15) is 0 Å². The van der Waals surface area contributed by atoms with Gasteiger partial charge in [0, 0.05) is 15.5 Å². The number of nitrogens with one attached hydrogen (secondary N) is 1. The number of aliphatic imine (C=N–C) groups is 1. The SMILES string of the molecule is C=C(C)CNC(N)=NCc1cc(Br)ccc1Br.I. The normalized spacial score (nSPS) is 10.7. The Hall–Kier alpha value is -0.0800. The second-order valence-electron chi connectivity index (χ2n) is 3.75. The molecule has 0 unspecified atom stereocenters. The van der Waals surface area contributed by atoms with E-state index in [2.05, 4.69) is 48.7 Å². The molecule has 0 aliphatic rings.